The lowest BCUT2D eigenvalue weighted by molar-refractivity contribution is -0.117. The van der Waals surface area contributed by atoms with Gasteiger partial charge in [-0.3, -0.25) is 10.1 Å². The summed E-state index contributed by atoms with van der Waals surface area (Å²) in [7, 11) is 0. The zero-order chi connectivity index (χ0) is 18.5. The van der Waals surface area contributed by atoms with Crippen molar-refractivity contribution in [1.82, 2.24) is 5.32 Å². The third-order valence-corrected chi connectivity index (χ3v) is 5.18. The summed E-state index contributed by atoms with van der Waals surface area (Å²) in [5.74, 6) is -0.382. The van der Waals surface area contributed by atoms with Crippen molar-refractivity contribution in [2.24, 2.45) is 0 Å². The summed E-state index contributed by atoms with van der Waals surface area (Å²) in [5, 5.41) is 8.33. The molecule has 0 saturated carbocycles. The van der Waals surface area contributed by atoms with Gasteiger partial charge in [0.25, 0.3) is 0 Å². The number of thiophene rings is 1. The molecule has 0 aliphatic heterocycles. The molecular formula is C21H21FN2OS. The molecule has 0 bridgehead atoms. The van der Waals surface area contributed by atoms with Crippen molar-refractivity contribution in [2.45, 2.75) is 25.9 Å². The largest absolute Gasteiger partial charge is 0.324 e. The Balaban J connectivity index is 1.77. The summed E-state index contributed by atoms with van der Waals surface area (Å²) in [6, 6.07) is 17.4. The van der Waals surface area contributed by atoms with E-state index in [2.05, 4.69) is 10.6 Å². The first-order valence-electron chi connectivity index (χ1n) is 8.46. The van der Waals surface area contributed by atoms with Crippen LogP contribution < -0.4 is 10.6 Å². The molecule has 5 heteroatoms. The molecule has 0 saturated heterocycles. The van der Waals surface area contributed by atoms with Crippen LogP contribution in [0.5, 0.6) is 0 Å². The Morgan fingerprint density at radius 2 is 1.77 bits per heavy atom. The molecule has 2 atom stereocenters. The van der Waals surface area contributed by atoms with E-state index in [0.29, 0.717) is 0 Å². The third-order valence-electron chi connectivity index (χ3n) is 4.24. The summed E-state index contributed by atoms with van der Waals surface area (Å²) < 4.78 is 13.3. The second-order valence-electron chi connectivity index (χ2n) is 6.19. The normalized spacial score (nSPS) is 13.2. The van der Waals surface area contributed by atoms with Crippen molar-refractivity contribution in [3.8, 4) is 0 Å². The molecule has 2 aromatic carbocycles. The molecule has 26 heavy (non-hydrogen) atoms. The predicted molar refractivity (Wildman–Crippen MR) is 105 cm³/mol. The summed E-state index contributed by atoms with van der Waals surface area (Å²) in [6.07, 6.45) is 0. The maximum absolute atomic E-state index is 13.3. The zero-order valence-electron chi connectivity index (χ0n) is 14.7. The van der Waals surface area contributed by atoms with Gasteiger partial charge in [0, 0.05) is 10.6 Å². The van der Waals surface area contributed by atoms with Gasteiger partial charge in [-0.15, -0.1) is 11.3 Å². The highest BCUT2D eigenvalue weighted by atomic mass is 32.1. The van der Waals surface area contributed by atoms with Crippen LogP contribution in [0.4, 0.5) is 10.1 Å². The number of aryl methyl sites for hydroxylation is 1. The van der Waals surface area contributed by atoms with Gasteiger partial charge in [0.2, 0.25) is 5.91 Å². The number of amides is 1. The molecule has 0 radical (unpaired) electrons. The summed E-state index contributed by atoms with van der Waals surface area (Å²) in [4.78, 5) is 13.7. The Kier molecular flexibility index (Phi) is 5.81. The highest BCUT2D eigenvalue weighted by Crippen LogP contribution is 2.27. The lowest BCUT2D eigenvalue weighted by Crippen LogP contribution is -2.40. The number of hydrogen-bond donors (Lipinski definition) is 2. The van der Waals surface area contributed by atoms with E-state index in [1.807, 2.05) is 55.6 Å². The molecule has 2 N–H and O–H groups in total. The molecule has 1 aromatic heterocycles. The third kappa shape index (κ3) is 4.36. The van der Waals surface area contributed by atoms with Crippen molar-refractivity contribution in [2.75, 3.05) is 5.32 Å². The van der Waals surface area contributed by atoms with Crippen LogP contribution in [0.25, 0.3) is 0 Å². The fourth-order valence-corrected chi connectivity index (χ4v) is 3.54. The van der Waals surface area contributed by atoms with Crippen molar-refractivity contribution in [3.63, 3.8) is 0 Å². The smallest absolute Gasteiger partial charge is 0.241 e. The Morgan fingerprint density at radius 3 is 2.42 bits per heavy atom. The molecule has 0 aliphatic carbocycles. The Labute approximate surface area is 156 Å². The molecule has 0 aliphatic rings. The highest BCUT2D eigenvalue weighted by Gasteiger charge is 2.22. The summed E-state index contributed by atoms with van der Waals surface area (Å²) in [5.41, 5.74) is 2.74. The summed E-state index contributed by atoms with van der Waals surface area (Å²) in [6.45, 7) is 3.79. The topological polar surface area (TPSA) is 41.1 Å². The molecule has 3 rings (SSSR count). The highest BCUT2D eigenvalue weighted by molar-refractivity contribution is 7.10. The molecule has 1 amide bonds. The van der Waals surface area contributed by atoms with Gasteiger partial charge in [0.1, 0.15) is 5.82 Å². The van der Waals surface area contributed by atoms with Crippen LogP contribution in [0.2, 0.25) is 0 Å². The number of benzene rings is 2. The van der Waals surface area contributed by atoms with Gasteiger partial charge in [-0.05, 0) is 54.6 Å². The minimum atomic E-state index is -0.424. The van der Waals surface area contributed by atoms with Crippen molar-refractivity contribution in [1.29, 1.82) is 0 Å². The minimum absolute atomic E-state index is 0.108. The van der Waals surface area contributed by atoms with Gasteiger partial charge in [-0.1, -0.05) is 36.4 Å². The van der Waals surface area contributed by atoms with Gasteiger partial charge >= 0.3 is 0 Å². The molecule has 1 heterocycles. The maximum Gasteiger partial charge on any atom is 0.241 e. The Hall–Kier alpha value is -2.50. The van der Waals surface area contributed by atoms with E-state index in [-0.39, 0.29) is 17.8 Å². The maximum atomic E-state index is 13.3. The standard InChI is InChI=1S/C21H21FN2OS/c1-14-6-3-4-7-18(14)24-21(25)15(2)23-20(19-8-5-13-26-19)16-9-11-17(22)12-10-16/h3-13,15,20,23H,1-2H3,(H,24,25)/t15-,20-/m0/s1. The fraction of sp³-hybridized carbons (Fsp3) is 0.190. The fourth-order valence-electron chi connectivity index (χ4n) is 2.73. The van der Waals surface area contributed by atoms with Crippen molar-refractivity contribution >= 4 is 22.9 Å². The van der Waals surface area contributed by atoms with Gasteiger partial charge < -0.3 is 5.32 Å². The predicted octanol–water partition coefficient (Wildman–Crippen LogP) is 4.90. The molecule has 0 spiro atoms. The molecule has 134 valence electrons. The molecule has 0 fully saturated rings. The number of anilines is 1. The first-order valence-corrected chi connectivity index (χ1v) is 9.34. The molecule has 0 unspecified atom stereocenters. The van der Waals surface area contributed by atoms with E-state index >= 15 is 0 Å². The molecular weight excluding hydrogens is 347 g/mol. The Bertz CT molecular complexity index is 862. The van der Waals surface area contributed by atoms with Crippen molar-refractivity contribution < 1.29 is 9.18 Å². The van der Waals surface area contributed by atoms with E-state index in [9.17, 15) is 9.18 Å². The second kappa shape index (κ2) is 8.25. The zero-order valence-corrected chi connectivity index (χ0v) is 15.5. The number of rotatable bonds is 6. The monoisotopic (exact) mass is 368 g/mol. The van der Waals surface area contributed by atoms with Crippen LogP contribution >= 0.6 is 11.3 Å². The van der Waals surface area contributed by atoms with Crippen LogP contribution in [-0.4, -0.2) is 11.9 Å². The minimum Gasteiger partial charge on any atom is -0.324 e. The van der Waals surface area contributed by atoms with E-state index < -0.39 is 6.04 Å². The van der Waals surface area contributed by atoms with E-state index in [4.69, 9.17) is 0 Å². The van der Waals surface area contributed by atoms with Crippen LogP contribution in [0.3, 0.4) is 0 Å². The van der Waals surface area contributed by atoms with Crippen molar-refractivity contribution in [3.05, 3.63) is 87.9 Å². The number of halogens is 1. The first-order chi connectivity index (χ1) is 12.5. The lowest BCUT2D eigenvalue weighted by atomic mass is 10.0. The number of carbonyl (C=O) groups is 1. The van der Waals surface area contributed by atoms with E-state index in [0.717, 1.165) is 21.7 Å². The van der Waals surface area contributed by atoms with Crippen LogP contribution in [0.15, 0.2) is 66.0 Å². The molecule has 3 nitrogen and oxygen atoms in total. The second-order valence-corrected chi connectivity index (χ2v) is 7.17. The molecule has 3 aromatic rings. The Morgan fingerprint density at radius 1 is 1.04 bits per heavy atom. The number of hydrogen-bond acceptors (Lipinski definition) is 3. The van der Waals surface area contributed by atoms with E-state index in [1.165, 1.54) is 12.1 Å². The van der Waals surface area contributed by atoms with Gasteiger partial charge in [-0.2, -0.15) is 0 Å². The lowest BCUT2D eigenvalue weighted by Gasteiger charge is -2.23. The SMILES string of the molecule is Cc1ccccc1NC(=O)[C@H](C)N[C@@H](c1ccc(F)cc1)c1cccs1. The number of para-hydroxylation sites is 1. The number of carbonyl (C=O) groups excluding carboxylic acids is 1. The van der Waals surface area contributed by atoms with E-state index in [1.54, 1.807) is 23.5 Å². The quantitative estimate of drug-likeness (QED) is 0.650. The van der Waals surface area contributed by atoms with Crippen LogP contribution in [0.1, 0.15) is 29.0 Å². The van der Waals surface area contributed by atoms with Gasteiger partial charge in [0.05, 0.1) is 12.1 Å². The summed E-state index contributed by atoms with van der Waals surface area (Å²) >= 11 is 1.60. The van der Waals surface area contributed by atoms with Gasteiger partial charge in [0.15, 0.2) is 0 Å². The van der Waals surface area contributed by atoms with Crippen LogP contribution in [0, 0.1) is 12.7 Å². The average molecular weight is 368 g/mol. The number of nitrogens with one attached hydrogen (secondary N) is 2. The average Bonchev–Trinajstić information content (AvgIpc) is 3.16. The van der Waals surface area contributed by atoms with Crippen LogP contribution in [-0.2, 0) is 4.79 Å². The van der Waals surface area contributed by atoms with Gasteiger partial charge in [-0.25, -0.2) is 4.39 Å². The first kappa shape index (κ1) is 18.3.